The van der Waals surface area contributed by atoms with Crippen molar-refractivity contribution in [3.63, 3.8) is 0 Å². The molecular formula is C14H24N4O4. The Morgan fingerprint density at radius 2 is 2.18 bits per heavy atom. The summed E-state index contributed by atoms with van der Waals surface area (Å²) in [5, 5.41) is 11.9. The number of aromatic amines is 1. The van der Waals surface area contributed by atoms with E-state index in [4.69, 9.17) is 4.74 Å². The number of rotatable bonds is 7. The van der Waals surface area contributed by atoms with Crippen LogP contribution in [-0.4, -0.2) is 63.8 Å². The van der Waals surface area contributed by atoms with Crippen molar-refractivity contribution in [1.82, 2.24) is 20.2 Å². The first-order chi connectivity index (χ1) is 10.2. The zero-order valence-corrected chi connectivity index (χ0v) is 13.4. The quantitative estimate of drug-likeness (QED) is 0.689. The number of imidazole rings is 1. The second-order valence-corrected chi connectivity index (χ2v) is 6.03. The molecule has 0 aliphatic heterocycles. The monoisotopic (exact) mass is 312 g/mol. The maximum absolute atomic E-state index is 11.5. The second-order valence-electron chi connectivity index (χ2n) is 6.03. The van der Waals surface area contributed by atoms with Gasteiger partial charge in [0.15, 0.2) is 0 Å². The highest BCUT2D eigenvalue weighted by Crippen LogP contribution is 2.07. The lowest BCUT2D eigenvalue weighted by Gasteiger charge is -2.24. The molecule has 1 atom stereocenters. The summed E-state index contributed by atoms with van der Waals surface area (Å²) in [6.07, 6.45) is 2.96. The third kappa shape index (κ3) is 6.57. The van der Waals surface area contributed by atoms with Gasteiger partial charge in [0.1, 0.15) is 11.6 Å². The number of ether oxygens (including phenoxy) is 1. The Bertz CT molecular complexity index is 482. The number of hydrogen-bond donors (Lipinski definition) is 3. The molecule has 1 aromatic heterocycles. The van der Waals surface area contributed by atoms with E-state index >= 15 is 0 Å². The molecule has 8 heteroatoms. The molecule has 8 nitrogen and oxygen atoms in total. The van der Waals surface area contributed by atoms with Crippen LogP contribution < -0.4 is 5.32 Å². The number of carbonyl (C=O) groups is 2. The number of carboxylic acid groups (broad SMARTS) is 1. The molecule has 0 fully saturated rings. The van der Waals surface area contributed by atoms with Gasteiger partial charge in [0, 0.05) is 25.7 Å². The zero-order chi connectivity index (χ0) is 16.8. The number of likely N-dealkylation sites (N-methyl/N-ethyl adjacent to an activating group) is 1. The highest BCUT2D eigenvalue weighted by Gasteiger charge is 2.24. The minimum atomic E-state index is -0.928. The standard InChI is InChI=1S/C14H24N4O4/c1-14(2,3)22-13(21)16-5-6-18(4)11(12(19)20)7-10-8-15-9-17-10/h8-9,11H,5-7H2,1-4H3,(H,15,17)(H,16,21)(H,19,20)/t11-/m0/s1. The number of nitrogens with zero attached hydrogens (tertiary/aromatic N) is 2. The minimum absolute atomic E-state index is 0.293. The fourth-order valence-electron chi connectivity index (χ4n) is 1.84. The second kappa shape index (κ2) is 7.79. The van der Waals surface area contributed by atoms with E-state index in [1.54, 1.807) is 38.9 Å². The van der Waals surface area contributed by atoms with Crippen LogP contribution in [0.15, 0.2) is 12.5 Å². The molecule has 1 rings (SSSR count). The van der Waals surface area contributed by atoms with Crippen LogP contribution in [0.1, 0.15) is 26.5 Å². The van der Waals surface area contributed by atoms with Crippen LogP contribution in [0.25, 0.3) is 0 Å². The molecule has 0 aliphatic rings. The summed E-state index contributed by atoms with van der Waals surface area (Å²) < 4.78 is 5.11. The Hall–Kier alpha value is -2.09. The molecule has 0 bridgehead atoms. The Kier molecular flexibility index (Phi) is 6.36. The maximum Gasteiger partial charge on any atom is 0.407 e. The van der Waals surface area contributed by atoms with Gasteiger partial charge in [-0.05, 0) is 27.8 Å². The summed E-state index contributed by atoms with van der Waals surface area (Å²) >= 11 is 0. The molecule has 0 aromatic carbocycles. The first-order valence-electron chi connectivity index (χ1n) is 7.06. The lowest BCUT2D eigenvalue weighted by Crippen LogP contribution is -2.44. The Morgan fingerprint density at radius 1 is 1.50 bits per heavy atom. The number of aromatic nitrogens is 2. The van der Waals surface area contributed by atoms with Crippen LogP contribution >= 0.6 is 0 Å². The van der Waals surface area contributed by atoms with E-state index in [0.29, 0.717) is 25.2 Å². The van der Waals surface area contributed by atoms with Gasteiger partial charge < -0.3 is 20.1 Å². The maximum atomic E-state index is 11.5. The molecule has 1 amide bonds. The van der Waals surface area contributed by atoms with E-state index in [1.807, 2.05) is 0 Å². The number of aliphatic carboxylic acids is 1. The highest BCUT2D eigenvalue weighted by molar-refractivity contribution is 5.73. The van der Waals surface area contributed by atoms with Crippen LogP contribution in [0, 0.1) is 0 Å². The molecule has 1 heterocycles. The normalized spacial score (nSPS) is 13.0. The molecule has 124 valence electrons. The fraction of sp³-hybridized carbons (Fsp3) is 0.643. The van der Waals surface area contributed by atoms with E-state index in [0.717, 1.165) is 0 Å². The molecule has 0 saturated heterocycles. The third-order valence-electron chi connectivity index (χ3n) is 2.91. The zero-order valence-electron chi connectivity index (χ0n) is 13.4. The molecule has 0 unspecified atom stereocenters. The van der Waals surface area contributed by atoms with Crippen molar-refractivity contribution in [2.75, 3.05) is 20.1 Å². The van der Waals surface area contributed by atoms with Gasteiger partial charge in [0.25, 0.3) is 0 Å². The number of carboxylic acids is 1. The smallest absolute Gasteiger partial charge is 0.407 e. The molecule has 22 heavy (non-hydrogen) atoms. The van der Waals surface area contributed by atoms with Crippen molar-refractivity contribution in [1.29, 1.82) is 0 Å². The van der Waals surface area contributed by atoms with Gasteiger partial charge in [0.05, 0.1) is 12.0 Å². The number of alkyl carbamates (subject to hydrolysis) is 1. The van der Waals surface area contributed by atoms with Crippen LogP contribution in [0.4, 0.5) is 4.79 Å². The van der Waals surface area contributed by atoms with E-state index in [9.17, 15) is 14.7 Å². The van der Waals surface area contributed by atoms with Gasteiger partial charge in [-0.3, -0.25) is 9.69 Å². The summed E-state index contributed by atoms with van der Waals surface area (Å²) in [5.41, 5.74) is 0.124. The van der Waals surface area contributed by atoms with Gasteiger partial charge >= 0.3 is 12.1 Å². The first-order valence-corrected chi connectivity index (χ1v) is 7.06. The molecular weight excluding hydrogens is 288 g/mol. The number of nitrogens with one attached hydrogen (secondary N) is 2. The summed E-state index contributed by atoms with van der Waals surface area (Å²) in [4.78, 5) is 31.4. The molecule has 0 saturated carbocycles. The Balaban J connectivity index is 2.42. The van der Waals surface area contributed by atoms with Gasteiger partial charge in [0.2, 0.25) is 0 Å². The van der Waals surface area contributed by atoms with Crippen molar-refractivity contribution in [2.24, 2.45) is 0 Å². The Morgan fingerprint density at radius 3 is 2.68 bits per heavy atom. The third-order valence-corrected chi connectivity index (χ3v) is 2.91. The first kappa shape index (κ1) is 18.0. The molecule has 3 N–H and O–H groups in total. The Labute approximate surface area is 129 Å². The van der Waals surface area contributed by atoms with Crippen molar-refractivity contribution >= 4 is 12.1 Å². The number of carbonyl (C=O) groups excluding carboxylic acids is 1. The molecule has 0 radical (unpaired) electrons. The van der Waals surface area contributed by atoms with Crippen LogP contribution in [0.5, 0.6) is 0 Å². The van der Waals surface area contributed by atoms with Crippen LogP contribution in [0.3, 0.4) is 0 Å². The van der Waals surface area contributed by atoms with Crippen LogP contribution in [-0.2, 0) is 16.0 Å². The summed E-state index contributed by atoms with van der Waals surface area (Å²) in [5.74, 6) is -0.928. The number of amides is 1. The van der Waals surface area contributed by atoms with Crippen molar-refractivity contribution in [2.45, 2.75) is 38.8 Å². The summed E-state index contributed by atoms with van der Waals surface area (Å²) in [6.45, 7) is 6.03. The van der Waals surface area contributed by atoms with Gasteiger partial charge in [-0.25, -0.2) is 9.78 Å². The lowest BCUT2D eigenvalue weighted by molar-refractivity contribution is -0.142. The number of hydrogen-bond acceptors (Lipinski definition) is 5. The predicted molar refractivity (Wildman–Crippen MR) is 80.6 cm³/mol. The topological polar surface area (TPSA) is 108 Å². The largest absolute Gasteiger partial charge is 0.480 e. The minimum Gasteiger partial charge on any atom is -0.480 e. The highest BCUT2D eigenvalue weighted by atomic mass is 16.6. The lowest BCUT2D eigenvalue weighted by atomic mass is 10.1. The predicted octanol–water partition coefficient (Wildman–Crippen LogP) is 0.862. The van der Waals surface area contributed by atoms with Crippen molar-refractivity contribution in [3.05, 3.63) is 18.2 Å². The van der Waals surface area contributed by atoms with E-state index in [1.165, 1.54) is 6.33 Å². The molecule has 1 aromatic rings. The average molecular weight is 312 g/mol. The SMILES string of the molecule is CN(CCNC(=O)OC(C)(C)C)[C@@H](Cc1c[nH]cn1)C(=O)O. The fourth-order valence-corrected chi connectivity index (χ4v) is 1.84. The van der Waals surface area contributed by atoms with Crippen molar-refractivity contribution < 1.29 is 19.4 Å². The van der Waals surface area contributed by atoms with Gasteiger partial charge in [-0.2, -0.15) is 0 Å². The molecule has 0 spiro atoms. The summed E-state index contributed by atoms with van der Waals surface area (Å²) in [7, 11) is 1.70. The average Bonchev–Trinajstić information content (AvgIpc) is 2.85. The van der Waals surface area contributed by atoms with Crippen LogP contribution in [0.2, 0.25) is 0 Å². The molecule has 0 aliphatic carbocycles. The van der Waals surface area contributed by atoms with Gasteiger partial charge in [-0.1, -0.05) is 0 Å². The van der Waals surface area contributed by atoms with E-state index < -0.39 is 23.7 Å². The van der Waals surface area contributed by atoms with E-state index in [-0.39, 0.29) is 0 Å². The van der Waals surface area contributed by atoms with E-state index in [2.05, 4.69) is 15.3 Å². The van der Waals surface area contributed by atoms with Crippen molar-refractivity contribution in [3.8, 4) is 0 Å². The van der Waals surface area contributed by atoms with Gasteiger partial charge in [-0.15, -0.1) is 0 Å². The number of H-pyrrole nitrogens is 1. The summed E-state index contributed by atoms with van der Waals surface area (Å²) in [6, 6.07) is -0.705.